The van der Waals surface area contributed by atoms with Gasteiger partial charge in [-0.2, -0.15) is 13.2 Å². The molecule has 2 aliphatic rings. The highest BCUT2D eigenvalue weighted by Crippen LogP contribution is 2.48. The molecule has 0 spiro atoms. The first kappa shape index (κ1) is 10.8. The number of rotatable bonds is 1. The summed E-state index contributed by atoms with van der Waals surface area (Å²) in [6.07, 6.45) is -1.05. The van der Waals surface area contributed by atoms with E-state index in [2.05, 4.69) is 4.98 Å². The van der Waals surface area contributed by atoms with Gasteiger partial charge in [0.15, 0.2) is 0 Å². The van der Waals surface area contributed by atoms with Crippen molar-refractivity contribution in [2.24, 2.45) is 11.7 Å². The highest BCUT2D eigenvalue weighted by Gasteiger charge is 2.57. The van der Waals surface area contributed by atoms with E-state index in [0.29, 0.717) is 18.2 Å². The van der Waals surface area contributed by atoms with E-state index in [4.69, 9.17) is 5.73 Å². The van der Waals surface area contributed by atoms with E-state index in [-0.39, 0.29) is 5.54 Å². The number of alkyl halides is 3. The lowest BCUT2D eigenvalue weighted by molar-refractivity contribution is -0.137. The predicted molar refractivity (Wildman–Crippen MR) is 56.5 cm³/mol. The van der Waals surface area contributed by atoms with Crippen LogP contribution in [-0.4, -0.2) is 23.6 Å². The van der Waals surface area contributed by atoms with E-state index >= 15 is 0 Å². The smallest absolute Gasteiger partial charge is 0.368 e. The largest absolute Gasteiger partial charge is 0.417 e. The fraction of sp³-hybridized carbons (Fsp3) is 0.545. The fourth-order valence-electron chi connectivity index (χ4n) is 2.48. The summed E-state index contributed by atoms with van der Waals surface area (Å²) in [6, 6.07) is 1.14. The van der Waals surface area contributed by atoms with Gasteiger partial charge in [0.25, 0.3) is 0 Å². The molecule has 6 heteroatoms. The van der Waals surface area contributed by atoms with Gasteiger partial charge in [0.05, 0.1) is 17.4 Å². The molecule has 1 aliphatic carbocycles. The molecule has 1 aliphatic heterocycles. The average Bonchev–Trinajstić information content (AvgIpc) is 2.76. The molecule has 2 fully saturated rings. The van der Waals surface area contributed by atoms with Crippen LogP contribution in [0.1, 0.15) is 12.0 Å². The van der Waals surface area contributed by atoms with Crippen molar-refractivity contribution in [3.8, 4) is 0 Å². The summed E-state index contributed by atoms with van der Waals surface area (Å²) in [6.45, 7) is 1.36. The number of aromatic nitrogens is 1. The van der Waals surface area contributed by atoms with E-state index in [1.165, 1.54) is 6.20 Å². The van der Waals surface area contributed by atoms with Crippen LogP contribution in [-0.2, 0) is 6.18 Å². The summed E-state index contributed by atoms with van der Waals surface area (Å²) in [7, 11) is 0. The molecular formula is C11H12F3N3. The highest BCUT2D eigenvalue weighted by atomic mass is 19.4. The van der Waals surface area contributed by atoms with Gasteiger partial charge in [-0.25, -0.2) is 0 Å². The maximum Gasteiger partial charge on any atom is 0.417 e. The number of hydrogen-bond acceptors (Lipinski definition) is 3. The van der Waals surface area contributed by atoms with Crippen LogP contribution in [0.25, 0.3) is 0 Å². The number of hydrogen-bond donors (Lipinski definition) is 1. The van der Waals surface area contributed by atoms with Crippen molar-refractivity contribution in [2.75, 3.05) is 18.0 Å². The molecule has 17 heavy (non-hydrogen) atoms. The number of nitrogens with two attached hydrogens (primary N) is 1. The Balaban J connectivity index is 1.85. The highest BCUT2D eigenvalue weighted by molar-refractivity contribution is 5.50. The van der Waals surface area contributed by atoms with Crippen LogP contribution in [0.15, 0.2) is 18.5 Å². The lowest BCUT2D eigenvalue weighted by Crippen LogP contribution is -2.33. The summed E-state index contributed by atoms with van der Waals surface area (Å²) >= 11 is 0. The first-order valence-corrected chi connectivity index (χ1v) is 5.45. The van der Waals surface area contributed by atoms with Gasteiger partial charge in [-0.05, 0) is 18.4 Å². The van der Waals surface area contributed by atoms with Crippen molar-refractivity contribution in [2.45, 2.75) is 18.1 Å². The third kappa shape index (κ3) is 1.76. The van der Waals surface area contributed by atoms with Crippen molar-refractivity contribution in [1.29, 1.82) is 0 Å². The second kappa shape index (κ2) is 3.13. The fourth-order valence-corrected chi connectivity index (χ4v) is 2.48. The summed E-state index contributed by atoms with van der Waals surface area (Å²) in [4.78, 5) is 5.54. The molecular weight excluding hydrogens is 231 g/mol. The molecule has 0 bridgehead atoms. The number of piperidine rings is 1. The zero-order chi connectivity index (χ0) is 12.3. The average molecular weight is 243 g/mol. The first-order valence-electron chi connectivity index (χ1n) is 5.45. The molecule has 1 saturated heterocycles. The maximum absolute atomic E-state index is 12.5. The van der Waals surface area contributed by atoms with Crippen LogP contribution in [0.5, 0.6) is 0 Å². The minimum absolute atomic E-state index is 0.172. The minimum atomic E-state index is -4.34. The number of halogens is 3. The van der Waals surface area contributed by atoms with Crippen LogP contribution in [0.3, 0.4) is 0 Å². The normalized spacial score (nSPS) is 31.5. The SMILES string of the molecule is NC12CC1CN(c1cncc(C(F)(F)F)c1)C2. The van der Waals surface area contributed by atoms with Crippen LogP contribution < -0.4 is 10.6 Å². The van der Waals surface area contributed by atoms with Gasteiger partial charge in [0, 0.05) is 24.8 Å². The quantitative estimate of drug-likeness (QED) is 0.815. The van der Waals surface area contributed by atoms with E-state index in [1.54, 1.807) is 0 Å². The second-order valence-corrected chi connectivity index (χ2v) is 4.94. The summed E-state index contributed by atoms with van der Waals surface area (Å²) in [5.74, 6) is 0.428. The van der Waals surface area contributed by atoms with Crippen LogP contribution in [0, 0.1) is 5.92 Å². The molecule has 1 aromatic rings. The van der Waals surface area contributed by atoms with Crippen LogP contribution >= 0.6 is 0 Å². The van der Waals surface area contributed by atoms with Crippen LogP contribution in [0.4, 0.5) is 18.9 Å². The van der Waals surface area contributed by atoms with E-state index in [0.717, 1.165) is 25.2 Å². The van der Waals surface area contributed by atoms with Crippen LogP contribution in [0.2, 0.25) is 0 Å². The lowest BCUT2D eigenvalue weighted by Gasteiger charge is -2.22. The third-order valence-electron chi connectivity index (χ3n) is 3.62. The Morgan fingerprint density at radius 2 is 2.18 bits per heavy atom. The van der Waals surface area contributed by atoms with Crippen molar-refractivity contribution in [3.63, 3.8) is 0 Å². The van der Waals surface area contributed by atoms with Crippen molar-refractivity contribution >= 4 is 5.69 Å². The summed E-state index contributed by atoms with van der Waals surface area (Å²) in [5, 5.41) is 0. The number of fused-ring (bicyclic) bond motifs is 1. The Morgan fingerprint density at radius 1 is 1.41 bits per heavy atom. The number of nitrogens with zero attached hydrogens (tertiary/aromatic N) is 2. The Hall–Kier alpha value is -1.30. The molecule has 0 aromatic carbocycles. The number of anilines is 1. The zero-order valence-corrected chi connectivity index (χ0v) is 9.04. The minimum Gasteiger partial charge on any atom is -0.368 e. The molecule has 0 radical (unpaired) electrons. The maximum atomic E-state index is 12.5. The topological polar surface area (TPSA) is 42.1 Å². The first-order chi connectivity index (χ1) is 7.88. The molecule has 1 saturated carbocycles. The molecule has 3 nitrogen and oxygen atoms in total. The van der Waals surface area contributed by atoms with Gasteiger partial charge in [-0.3, -0.25) is 4.98 Å². The Kier molecular flexibility index (Phi) is 1.99. The second-order valence-electron chi connectivity index (χ2n) is 4.94. The molecule has 2 heterocycles. The van der Waals surface area contributed by atoms with E-state index in [1.807, 2.05) is 4.90 Å². The monoisotopic (exact) mass is 243 g/mol. The molecule has 2 atom stereocenters. The van der Waals surface area contributed by atoms with Crippen molar-refractivity contribution in [1.82, 2.24) is 4.98 Å². The molecule has 0 amide bonds. The van der Waals surface area contributed by atoms with E-state index < -0.39 is 11.7 Å². The summed E-state index contributed by atoms with van der Waals surface area (Å²) in [5.41, 5.74) is 5.65. The van der Waals surface area contributed by atoms with E-state index in [9.17, 15) is 13.2 Å². The Labute approximate surface area is 96.4 Å². The molecule has 2 unspecified atom stereocenters. The zero-order valence-electron chi connectivity index (χ0n) is 9.04. The number of pyridine rings is 1. The predicted octanol–water partition coefficient (Wildman–Crippen LogP) is 1.64. The van der Waals surface area contributed by atoms with Gasteiger partial charge in [-0.15, -0.1) is 0 Å². The Morgan fingerprint density at radius 3 is 2.76 bits per heavy atom. The van der Waals surface area contributed by atoms with Gasteiger partial charge >= 0.3 is 6.18 Å². The molecule has 92 valence electrons. The Bertz CT molecular complexity index is 460. The van der Waals surface area contributed by atoms with Gasteiger partial charge < -0.3 is 10.6 Å². The lowest BCUT2D eigenvalue weighted by atomic mass is 10.2. The standard InChI is InChI=1S/C11H12F3N3/c12-11(13,14)7-1-9(4-16-3-7)17-5-8-2-10(8,15)6-17/h1,3-4,8H,2,5-6,15H2. The summed E-state index contributed by atoms with van der Waals surface area (Å²) < 4.78 is 37.6. The van der Waals surface area contributed by atoms with Crippen molar-refractivity contribution in [3.05, 3.63) is 24.0 Å². The van der Waals surface area contributed by atoms with Gasteiger partial charge in [0.1, 0.15) is 0 Å². The molecule has 2 N–H and O–H groups in total. The molecule has 1 aromatic heterocycles. The third-order valence-corrected chi connectivity index (χ3v) is 3.62. The van der Waals surface area contributed by atoms with Gasteiger partial charge in [0.2, 0.25) is 0 Å². The molecule has 3 rings (SSSR count). The van der Waals surface area contributed by atoms with Crippen molar-refractivity contribution < 1.29 is 13.2 Å². The van der Waals surface area contributed by atoms with Gasteiger partial charge in [-0.1, -0.05) is 0 Å².